The number of halogens is 3. The summed E-state index contributed by atoms with van der Waals surface area (Å²) in [7, 11) is 1.43. The molecule has 0 fully saturated rings. The molecular weight excluding hydrogens is 223 g/mol. The highest BCUT2D eigenvalue weighted by atomic mass is 19.4. The maximum atomic E-state index is 12.5. The van der Waals surface area contributed by atoms with Crippen LogP contribution in [0, 0.1) is 0 Å². The van der Waals surface area contributed by atoms with Crippen molar-refractivity contribution in [3.8, 4) is 0 Å². The Bertz CT molecular complexity index is 506. The van der Waals surface area contributed by atoms with Crippen LogP contribution >= 0.6 is 0 Å². The second kappa shape index (κ2) is 3.75. The molecule has 7 heteroatoms. The minimum Gasteiger partial charge on any atom is -0.362 e. The van der Waals surface area contributed by atoms with Gasteiger partial charge in [0.2, 0.25) is 0 Å². The maximum absolute atomic E-state index is 12.5. The molecule has 1 aromatic carbocycles. The number of hydrogen-bond donors (Lipinski definition) is 0. The lowest BCUT2D eigenvalue weighted by molar-refractivity contribution is -0.137. The molecule has 1 aromatic heterocycles. The zero-order valence-corrected chi connectivity index (χ0v) is 8.32. The first kappa shape index (κ1) is 10.9. The zero-order chi connectivity index (χ0) is 11.8. The van der Waals surface area contributed by atoms with Crippen molar-refractivity contribution in [1.29, 1.82) is 0 Å². The first-order chi connectivity index (χ1) is 7.52. The number of aromatic nitrogens is 3. The van der Waals surface area contributed by atoms with Crippen molar-refractivity contribution in [3.63, 3.8) is 0 Å². The molecule has 0 saturated heterocycles. The average molecular weight is 231 g/mol. The second-order valence-corrected chi connectivity index (χ2v) is 3.21. The number of fused-ring (bicyclic) bond motifs is 1. The molecule has 2 aromatic rings. The molecule has 0 unspecified atom stereocenters. The molecule has 86 valence electrons. The zero-order valence-electron chi connectivity index (χ0n) is 8.32. The Morgan fingerprint density at radius 1 is 1.38 bits per heavy atom. The molecule has 16 heavy (non-hydrogen) atoms. The van der Waals surface area contributed by atoms with Crippen LogP contribution in [0.2, 0.25) is 0 Å². The molecule has 0 atom stereocenters. The van der Waals surface area contributed by atoms with Gasteiger partial charge in [-0.1, -0.05) is 5.21 Å². The van der Waals surface area contributed by atoms with Crippen LogP contribution < -0.4 is 0 Å². The van der Waals surface area contributed by atoms with Gasteiger partial charge in [0.1, 0.15) is 12.2 Å². The summed E-state index contributed by atoms with van der Waals surface area (Å²) in [6, 6.07) is 3.28. The van der Waals surface area contributed by atoms with E-state index in [0.29, 0.717) is 11.0 Å². The van der Waals surface area contributed by atoms with Gasteiger partial charge in [-0.05, 0) is 18.2 Å². The van der Waals surface area contributed by atoms with Gasteiger partial charge in [-0.2, -0.15) is 13.2 Å². The van der Waals surface area contributed by atoms with Crippen molar-refractivity contribution >= 4 is 11.0 Å². The van der Waals surface area contributed by atoms with Gasteiger partial charge in [0.25, 0.3) is 0 Å². The number of hydrogen-bond acceptors (Lipinski definition) is 3. The summed E-state index contributed by atoms with van der Waals surface area (Å²) in [5, 5.41) is 7.41. The topological polar surface area (TPSA) is 39.9 Å². The van der Waals surface area contributed by atoms with Gasteiger partial charge >= 0.3 is 6.18 Å². The van der Waals surface area contributed by atoms with Crippen LogP contribution in [0.15, 0.2) is 18.2 Å². The number of alkyl halides is 3. The number of rotatable bonds is 2. The van der Waals surface area contributed by atoms with Crippen LogP contribution in [0.1, 0.15) is 5.56 Å². The second-order valence-electron chi connectivity index (χ2n) is 3.21. The van der Waals surface area contributed by atoms with Gasteiger partial charge in [0.05, 0.1) is 11.1 Å². The molecule has 1 heterocycles. The molecule has 0 saturated carbocycles. The fraction of sp³-hybridized carbons (Fsp3) is 0.333. The molecule has 0 bridgehead atoms. The molecule has 0 N–H and O–H groups in total. The number of nitrogens with zero attached hydrogens (tertiary/aromatic N) is 3. The highest BCUT2D eigenvalue weighted by Crippen LogP contribution is 2.30. The number of benzene rings is 1. The summed E-state index contributed by atoms with van der Waals surface area (Å²) in [6.07, 6.45) is -4.36. The largest absolute Gasteiger partial charge is 0.416 e. The van der Waals surface area contributed by atoms with E-state index in [1.165, 1.54) is 17.9 Å². The van der Waals surface area contributed by atoms with E-state index in [4.69, 9.17) is 4.74 Å². The van der Waals surface area contributed by atoms with Gasteiger partial charge in [-0.15, -0.1) is 5.10 Å². The molecule has 0 spiro atoms. The Labute approximate surface area is 88.6 Å². The summed E-state index contributed by atoms with van der Waals surface area (Å²) >= 11 is 0. The lowest BCUT2D eigenvalue weighted by atomic mass is 10.2. The average Bonchev–Trinajstić information content (AvgIpc) is 2.60. The molecule has 0 radical (unpaired) electrons. The maximum Gasteiger partial charge on any atom is 0.416 e. The van der Waals surface area contributed by atoms with E-state index in [2.05, 4.69) is 10.3 Å². The lowest BCUT2D eigenvalue weighted by Gasteiger charge is -2.06. The van der Waals surface area contributed by atoms with E-state index in [0.717, 1.165) is 12.1 Å². The van der Waals surface area contributed by atoms with Gasteiger partial charge < -0.3 is 4.74 Å². The standard InChI is InChI=1S/C9H8F3N3O/c1-16-5-15-8-4-6(9(10,11)12)2-3-7(8)13-14-15/h2-4H,5H2,1H3. The van der Waals surface area contributed by atoms with Crippen molar-refractivity contribution in [2.45, 2.75) is 12.9 Å². The highest BCUT2D eigenvalue weighted by Gasteiger charge is 2.30. The van der Waals surface area contributed by atoms with Gasteiger partial charge in [-0.25, -0.2) is 4.68 Å². The summed E-state index contributed by atoms with van der Waals surface area (Å²) in [5.41, 5.74) is -0.0126. The van der Waals surface area contributed by atoms with Crippen molar-refractivity contribution in [1.82, 2.24) is 15.0 Å². The molecule has 2 rings (SSSR count). The monoisotopic (exact) mass is 231 g/mol. The minimum atomic E-state index is -4.36. The van der Waals surface area contributed by atoms with E-state index >= 15 is 0 Å². The molecular formula is C9H8F3N3O. The van der Waals surface area contributed by atoms with Crippen molar-refractivity contribution in [2.75, 3.05) is 7.11 Å². The van der Waals surface area contributed by atoms with Crippen LogP contribution in [-0.2, 0) is 17.6 Å². The normalized spacial score (nSPS) is 12.2. The van der Waals surface area contributed by atoms with E-state index in [9.17, 15) is 13.2 Å². The Morgan fingerprint density at radius 3 is 2.75 bits per heavy atom. The van der Waals surface area contributed by atoms with Gasteiger partial charge in [0, 0.05) is 7.11 Å². The Balaban J connectivity index is 2.54. The number of ether oxygens (including phenoxy) is 1. The Hall–Kier alpha value is -1.63. The van der Waals surface area contributed by atoms with E-state index in [-0.39, 0.29) is 6.73 Å². The van der Waals surface area contributed by atoms with Gasteiger partial charge in [0.15, 0.2) is 0 Å². The summed E-state index contributed by atoms with van der Waals surface area (Å²) < 4.78 is 43.4. The molecule has 0 aliphatic carbocycles. The van der Waals surface area contributed by atoms with Crippen LogP contribution in [-0.4, -0.2) is 22.1 Å². The summed E-state index contributed by atoms with van der Waals surface area (Å²) in [4.78, 5) is 0. The SMILES string of the molecule is COCn1nnc2ccc(C(F)(F)F)cc21. The van der Waals surface area contributed by atoms with Gasteiger partial charge in [-0.3, -0.25) is 0 Å². The third-order valence-electron chi connectivity index (χ3n) is 2.09. The van der Waals surface area contributed by atoms with E-state index < -0.39 is 11.7 Å². The highest BCUT2D eigenvalue weighted by molar-refractivity contribution is 5.75. The lowest BCUT2D eigenvalue weighted by Crippen LogP contribution is -2.06. The molecule has 0 amide bonds. The van der Waals surface area contributed by atoms with Crippen molar-refractivity contribution in [2.24, 2.45) is 0 Å². The quantitative estimate of drug-likeness (QED) is 0.794. The van der Waals surface area contributed by atoms with Crippen molar-refractivity contribution in [3.05, 3.63) is 23.8 Å². The third kappa shape index (κ3) is 1.85. The van der Waals surface area contributed by atoms with Crippen LogP contribution in [0.5, 0.6) is 0 Å². The molecule has 0 aliphatic rings. The Morgan fingerprint density at radius 2 is 2.12 bits per heavy atom. The predicted molar refractivity (Wildman–Crippen MR) is 49.5 cm³/mol. The third-order valence-corrected chi connectivity index (χ3v) is 2.09. The molecule has 4 nitrogen and oxygen atoms in total. The number of methoxy groups -OCH3 is 1. The fourth-order valence-corrected chi connectivity index (χ4v) is 1.36. The smallest absolute Gasteiger partial charge is 0.362 e. The van der Waals surface area contributed by atoms with Crippen molar-refractivity contribution < 1.29 is 17.9 Å². The fourth-order valence-electron chi connectivity index (χ4n) is 1.36. The van der Waals surface area contributed by atoms with E-state index in [1.54, 1.807) is 0 Å². The first-order valence-corrected chi connectivity index (χ1v) is 4.42. The molecule has 0 aliphatic heterocycles. The summed E-state index contributed by atoms with van der Waals surface area (Å²) in [5.74, 6) is 0. The minimum absolute atomic E-state index is 0.0673. The Kier molecular flexibility index (Phi) is 2.55. The van der Waals surface area contributed by atoms with Crippen LogP contribution in [0.25, 0.3) is 11.0 Å². The predicted octanol–water partition coefficient (Wildman–Crippen LogP) is 2.05. The summed E-state index contributed by atoms with van der Waals surface area (Å²) in [6.45, 7) is 0.0673. The first-order valence-electron chi connectivity index (χ1n) is 4.42. The van der Waals surface area contributed by atoms with Crippen LogP contribution in [0.3, 0.4) is 0 Å². The van der Waals surface area contributed by atoms with Crippen LogP contribution in [0.4, 0.5) is 13.2 Å². The van der Waals surface area contributed by atoms with E-state index in [1.807, 2.05) is 0 Å².